The highest BCUT2D eigenvalue weighted by Gasteiger charge is 2.40. The molecule has 0 fully saturated rings. The standard InChI is InChI=1S/C32H55N5O5/c1-2-3-4-5-6-7-8-9-10-11-12-13-14-15-16-17-18-19-20-21-22-41-28-27(39)25(23-38)42-31(28)37-24-34-26-29(37)35-32(33)36-30(26)40/h24,28,31,38-39H,2-23H2,1H3,(H3,33,35,36,40)/t28?,31-/m1/s1. The van der Waals surface area contributed by atoms with Crippen LogP contribution >= 0.6 is 0 Å². The minimum Gasteiger partial charge on any atom is -0.506 e. The minimum absolute atomic E-state index is 0.0353. The van der Waals surface area contributed by atoms with E-state index < -0.39 is 24.5 Å². The van der Waals surface area contributed by atoms with Crippen LogP contribution in [0.4, 0.5) is 5.95 Å². The summed E-state index contributed by atoms with van der Waals surface area (Å²) in [5.74, 6) is -0.169. The van der Waals surface area contributed by atoms with Gasteiger partial charge in [0.2, 0.25) is 12.2 Å². The van der Waals surface area contributed by atoms with Gasteiger partial charge in [-0.2, -0.15) is 4.98 Å². The molecule has 2 atom stereocenters. The topological polar surface area (TPSA) is 149 Å². The third-order valence-corrected chi connectivity index (χ3v) is 8.24. The number of nitrogen functional groups attached to an aromatic ring is 1. The number of aromatic amines is 1. The van der Waals surface area contributed by atoms with Gasteiger partial charge >= 0.3 is 0 Å². The first kappa shape index (κ1) is 33.9. The van der Waals surface area contributed by atoms with E-state index in [2.05, 4.69) is 21.9 Å². The zero-order valence-electron chi connectivity index (χ0n) is 25.8. The van der Waals surface area contributed by atoms with Crippen LogP contribution in [0.2, 0.25) is 0 Å². The number of aliphatic hydroxyl groups is 2. The molecule has 0 spiro atoms. The molecule has 0 bridgehead atoms. The van der Waals surface area contributed by atoms with Crippen LogP contribution in [0.1, 0.15) is 142 Å². The molecule has 1 unspecified atom stereocenters. The lowest BCUT2D eigenvalue weighted by Gasteiger charge is -2.21. The van der Waals surface area contributed by atoms with Gasteiger partial charge in [-0.25, -0.2) is 4.98 Å². The fourth-order valence-corrected chi connectivity index (χ4v) is 5.74. The van der Waals surface area contributed by atoms with Gasteiger partial charge in [-0.1, -0.05) is 129 Å². The van der Waals surface area contributed by atoms with Crippen molar-refractivity contribution in [2.75, 3.05) is 18.9 Å². The normalized spacial score (nSPS) is 17.0. The van der Waals surface area contributed by atoms with E-state index in [1.807, 2.05) is 0 Å². The maximum absolute atomic E-state index is 12.1. The second-order valence-corrected chi connectivity index (χ2v) is 11.8. The summed E-state index contributed by atoms with van der Waals surface area (Å²) in [6.45, 7) is 2.25. The molecule has 5 N–H and O–H groups in total. The molecule has 3 rings (SSSR count). The molecule has 10 nitrogen and oxygen atoms in total. The van der Waals surface area contributed by atoms with Crippen LogP contribution in [-0.4, -0.2) is 49.0 Å². The Hall–Kier alpha value is -2.59. The van der Waals surface area contributed by atoms with Crippen LogP contribution < -0.4 is 11.3 Å². The molecule has 1 aliphatic heterocycles. The lowest BCUT2D eigenvalue weighted by atomic mass is 10.0. The number of nitrogens with zero attached hydrogens (tertiary/aromatic N) is 3. The highest BCUT2D eigenvalue weighted by atomic mass is 16.6. The lowest BCUT2D eigenvalue weighted by molar-refractivity contribution is -0.0529. The molecule has 2 aromatic heterocycles. The molecule has 42 heavy (non-hydrogen) atoms. The second-order valence-electron chi connectivity index (χ2n) is 11.8. The fourth-order valence-electron chi connectivity index (χ4n) is 5.74. The quantitative estimate of drug-likeness (QED) is 0.0939. The summed E-state index contributed by atoms with van der Waals surface area (Å²) < 4.78 is 13.2. The zero-order valence-corrected chi connectivity index (χ0v) is 25.8. The van der Waals surface area contributed by atoms with Gasteiger partial charge in [0, 0.05) is 6.61 Å². The van der Waals surface area contributed by atoms with E-state index in [-0.39, 0.29) is 28.6 Å². The Labute approximate surface area is 251 Å². The molecule has 0 radical (unpaired) electrons. The van der Waals surface area contributed by atoms with E-state index in [4.69, 9.17) is 15.2 Å². The summed E-state index contributed by atoms with van der Waals surface area (Å²) in [7, 11) is 0. The Morgan fingerprint density at radius 1 is 0.881 bits per heavy atom. The Morgan fingerprint density at radius 3 is 1.88 bits per heavy atom. The maximum atomic E-state index is 12.1. The van der Waals surface area contributed by atoms with Crippen molar-refractivity contribution < 1.29 is 19.7 Å². The summed E-state index contributed by atoms with van der Waals surface area (Å²) in [6, 6.07) is 0. The summed E-state index contributed by atoms with van der Waals surface area (Å²) in [5, 5.41) is 20.2. The molecule has 0 saturated heterocycles. The average Bonchev–Trinajstić information content (AvgIpc) is 3.54. The van der Waals surface area contributed by atoms with E-state index in [9.17, 15) is 15.0 Å². The number of H-pyrrole nitrogens is 1. The van der Waals surface area contributed by atoms with Crippen LogP contribution in [0.25, 0.3) is 11.2 Å². The molecule has 0 amide bonds. The van der Waals surface area contributed by atoms with Crippen LogP contribution in [-0.2, 0) is 9.47 Å². The van der Waals surface area contributed by atoms with E-state index >= 15 is 0 Å². The van der Waals surface area contributed by atoms with Gasteiger partial charge in [0.05, 0.1) is 0 Å². The predicted octanol–water partition coefficient (Wildman–Crippen LogP) is 7.20. The smallest absolute Gasteiger partial charge is 0.280 e. The highest BCUT2D eigenvalue weighted by Crippen LogP contribution is 2.35. The minimum atomic E-state index is -0.851. The first-order chi connectivity index (χ1) is 20.6. The van der Waals surface area contributed by atoms with Gasteiger partial charge in [-0.15, -0.1) is 0 Å². The van der Waals surface area contributed by atoms with Crippen molar-refractivity contribution in [2.24, 2.45) is 0 Å². The molecule has 2 aromatic rings. The molecule has 3 heterocycles. The third-order valence-electron chi connectivity index (χ3n) is 8.24. The summed E-state index contributed by atoms with van der Waals surface area (Å²) in [5.41, 5.74) is 5.58. The van der Waals surface area contributed by atoms with E-state index in [0.29, 0.717) is 6.61 Å². The van der Waals surface area contributed by atoms with Gasteiger partial charge in [-0.3, -0.25) is 14.3 Å². The number of fused-ring (bicyclic) bond motifs is 1. The molecular formula is C32H55N5O5. The summed E-state index contributed by atoms with van der Waals surface area (Å²) in [6.07, 6.45) is 26.2. The number of hydrogen-bond donors (Lipinski definition) is 4. The fraction of sp³-hybridized carbons (Fsp3) is 0.781. The number of aliphatic hydroxyl groups excluding tert-OH is 2. The first-order valence-electron chi connectivity index (χ1n) is 16.6. The van der Waals surface area contributed by atoms with Crippen LogP contribution in [0.3, 0.4) is 0 Å². The van der Waals surface area contributed by atoms with Crippen molar-refractivity contribution in [3.63, 3.8) is 0 Å². The van der Waals surface area contributed by atoms with E-state index in [1.54, 1.807) is 0 Å². The van der Waals surface area contributed by atoms with Crippen molar-refractivity contribution in [2.45, 2.75) is 148 Å². The number of anilines is 1. The number of rotatable bonds is 24. The maximum Gasteiger partial charge on any atom is 0.280 e. The lowest BCUT2D eigenvalue weighted by Crippen LogP contribution is -2.26. The summed E-state index contributed by atoms with van der Waals surface area (Å²) >= 11 is 0. The van der Waals surface area contributed by atoms with Gasteiger partial charge < -0.3 is 25.4 Å². The Bertz CT molecular complexity index is 1110. The second kappa shape index (κ2) is 19.6. The van der Waals surface area contributed by atoms with Crippen molar-refractivity contribution in [1.82, 2.24) is 19.5 Å². The largest absolute Gasteiger partial charge is 0.506 e. The molecule has 0 aliphatic carbocycles. The van der Waals surface area contributed by atoms with Gasteiger partial charge in [0.1, 0.15) is 12.9 Å². The van der Waals surface area contributed by atoms with Crippen molar-refractivity contribution in [3.8, 4) is 0 Å². The van der Waals surface area contributed by atoms with Crippen molar-refractivity contribution in [1.29, 1.82) is 0 Å². The van der Waals surface area contributed by atoms with E-state index in [1.165, 1.54) is 120 Å². The molecule has 238 valence electrons. The van der Waals surface area contributed by atoms with Gasteiger partial charge in [-0.05, 0) is 6.42 Å². The van der Waals surface area contributed by atoms with E-state index in [0.717, 1.165) is 19.3 Å². The summed E-state index contributed by atoms with van der Waals surface area (Å²) in [4.78, 5) is 22.8. The molecule has 10 heteroatoms. The molecular weight excluding hydrogens is 534 g/mol. The number of imidazole rings is 1. The average molecular weight is 590 g/mol. The van der Waals surface area contributed by atoms with Crippen LogP contribution in [0, 0.1) is 0 Å². The molecule has 1 aliphatic rings. The van der Waals surface area contributed by atoms with Crippen LogP contribution in [0.15, 0.2) is 22.6 Å². The number of ether oxygens (including phenoxy) is 2. The Kier molecular flexibility index (Phi) is 15.8. The van der Waals surface area contributed by atoms with Crippen LogP contribution in [0.5, 0.6) is 0 Å². The van der Waals surface area contributed by atoms with Crippen molar-refractivity contribution >= 4 is 17.1 Å². The van der Waals surface area contributed by atoms with Gasteiger partial charge in [0.25, 0.3) is 5.56 Å². The molecule has 0 aromatic carbocycles. The Balaban J connectivity index is 1.20. The highest BCUT2D eigenvalue weighted by molar-refractivity contribution is 5.70. The number of hydrogen-bond acceptors (Lipinski definition) is 8. The third kappa shape index (κ3) is 10.9. The Morgan fingerprint density at radius 2 is 1.38 bits per heavy atom. The number of nitrogens with one attached hydrogen (secondary N) is 1. The predicted molar refractivity (Wildman–Crippen MR) is 167 cm³/mol. The zero-order chi connectivity index (χ0) is 30.0. The molecule has 0 saturated carbocycles. The number of aromatic nitrogens is 4. The van der Waals surface area contributed by atoms with Gasteiger partial charge in [0.15, 0.2) is 28.8 Å². The number of nitrogens with two attached hydrogens (primary N) is 1. The first-order valence-corrected chi connectivity index (χ1v) is 16.6. The SMILES string of the molecule is CCCCCCCCCCCCCCCCCCCCCCOC1C(O)=C(CO)O[C@H]1n1cnc2c(=O)[nH]c(N)nc21. The van der Waals surface area contributed by atoms with Crippen molar-refractivity contribution in [3.05, 3.63) is 28.2 Å². The number of unbranched alkanes of at least 4 members (excludes halogenated alkanes) is 19. The monoisotopic (exact) mass is 589 g/mol.